The van der Waals surface area contributed by atoms with Crippen LogP contribution in [0.3, 0.4) is 0 Å². The van der Waals surface area contributed by atoms with Crippen LogP contribution in [-0.4, -0.2) is 23.3 Å². The summed E-state index contributed by atoms with van der Waals surface area (Å²) in [5, 5.41) is 19.7. The maximum Gasteiger partial charge on any atom is 0.178 e. The second-order valence-corrected chi connectivity index (χ2v) is 14.7. The van der Waals surface area contributed by atoms with Gasteiger partial charge in [-0.1, -0.05) is 67.0 Å². The number of carbonyl (C=O) groups is 2. The number of Topliss-reactive ketones (excluding diaryl/α,β-unsaturated/α-hetero) is 1. The number of allylic oxidation sites excluding steroid dienone is 4. The van der Waals surface area contributed by atoms with Crippen LogP contribution >= 0.6 is 0 Å². The zero-order chi connectivity index (χ0) is 26.9. The lowest BCUT2D eigenvalue weighted by Crippen LogP contribution is -2.61. The SMILES string of the molecule is CCC(C)(CO)CC[C@]1(C)CC[C@]2(C)[C@@H](C1)C(=O)C=C1[C@@]3(C)C=C(C#N)C(=O)C(C)(C)[C@@H]3CC[C@]12C. The summed E-state index contributed by atoms with van der Waals surface area (Å²) in [4.78, 5) is 27.1. The third-order valence-corrected chi connectivity index (χ3v) is 12.3. The molecule has 1 unspecified atom stereocenters. The molecule has 0 heterocycles. The molecule has 7 atom stereocenters. The fraction of sp³-hybridized carbons (Fsp3) is 0.781. The molecule has 0 aromatic carbocycles. The van der Waals surface area contributed by atoms with Gasteiger partial charge in [-0.3, -0.25) is 9.59 Å². The van der Waals surface area contributed by atoms with Crippen molar-refractivity contribution in [2.24, 2.45) is 44.3 Å². The molecule has 0 bridgehead atoms. The smallest absolute Gasteiger partial charge is 0.178 e. The van der Waals surface area contributed by atoms with Crippen LogP contribution in [0.1, 0.15) is 107 Å². The Morgan fingerprint density at radius 3 is 2.36 bits per heavy atom. The van der Waals surface area contributed by atoms with Crippen molar-refractivity contribution in [3.05, 3.63) is 23.3 Å². The maximum absolute atomic E-state index is 14.0. The van der Waals surface area contributed by atoms with Crippen LogP contribution in [-0.2, 0) is 9.59 Å². The predicted molar refractivity (Wildman–Crippen MR) is 143 cm³/mol. The van der Waals surface area contributed by atoms with Crippen molar-refractivity contribution >= 4 is 11.6 Å². The van der Waals surface area contributed by atoms with Crippen molar-refractivity contribution in [3.8, 4) is 6.07 Å². The van der Waals surface area contributed by atoms with E-state index in [2.05, 4.69) is 47.6 Å². The number of rotatable bonds is 5. The Labute approximate surface area is 218 Å². The first-order valence-electron chi connectivity index (χ1n) is 14.1. The lowest BCUT2D eigenvalue weighted by Gasteiger charge is -2.66. The molecule has 0 spiro atoms. The molecule has 4 heteroatoms. The number of nitriles is 1. The molecular weight excluding hydrogens is 446 g/mol. The van der Waals surface area contributed by atoms with Crippen molar-refractivity contribution in [2.45, 2.75) is 107 Å². The predicted octanol–water partition coefficient (Wildman–Crippen LogP) is 6.98. The van der Waals surface area contributed by atoms with Gasteiger partial charge >= 0.3 is 0 Å². The fourth-order valence-electron chi connectivity index (χ4n) is 8.87. The summed E-state index contributed by atoms with van der Waals surface area (Å²) < 4.78 is 0. The van der Waals surface area contributed by atoms with Crippen LogP contribution in [0.2, 0.25) is 0 Å². The molecule has 0 saturated heterocycles. The molecule has 4 nitrogen and oxygen atoms in total. The summed E-state index contributed by atoms with van der Waals surface area (Å²) in [6.45, 7) is 17.8. The van der Waals surface area contributed by atoms with Crippen molar-refractivity contribution < 1.29 is 14.7 Å². The van der Waals surface area contributed by atoms with E-state index in [-0.39, 0.29) is 57.2 Å². The van der Waals surface area contributed by atoms with Gasteiger partial charge in [-0.15, -0.1) is 0 Å². The molecule has 1 N–H and O–H groups in total. The number of carbonyl (C=O) groups excluding carboxylic acids is 2. The number of aliphatic hydroxyl groups is 1. The third kappa shape index (κ3) is 3.63. The molecule has 0 aliphatic heterocycles. The Hall–Kier alpha value is -1.73. The van der Waals surface area contributed by atoms with Crippen molar-refractivity contribution in [1.82, 2.24) is 0 Å². The highest BCUT2D eigenvalue weighted by Crippen LogP contribution is 2.72. The van der Waals surface area contributed by atoms with Crippen LogP contribution < -0.4 is 0 Å². The van der Waals surface area contributed by atoms with E-state index in [1.165, 1.54) is 0 Å². The molecule has 4 rings (SSSR count). The molecule has 36 heavy (non-hydrogen) atoms. The van der Waals surface area contributed by atoms with Gasteiger partial charge < -0.3 is 5.11 Å². The minimum absolute atomic E-state index is 0.00944. The summed E-state index contributed by atoms with van der Waals surface area (Å²) >= 11 is 0. The Kier molecular flexibility index (Phi) is 6.36. The molecule has 0 radical (unpaired) electrons. The van der Waals surface area contributed by atoms with E-state index in [4.69, 9.17) is 0 Å². The van der Waals surface area contributed by atoms with E-state index in [9.17, 15) is 20.0 Å². The quantitative estimate of drug-likeness (QED) is 0.448. The number of ketones is 2. The number of aliphatic hydroxyl groups excluding tert-OH is 1. The lowest BCUT2D eigenvalue weighted by atomic mass is 9.37. The highest BCUT2D eigenvalue weighted by atomic mass is 16.3. The zero-order valence-electron chi connectivity index (χ0n) is 23.9. The first kappa shape index (κ1) is 27.3. The highest BCUT2D eigenvalue weighted by Gasteiger charge is 2.66. The van der Waals surface area contributed by atoms with Gasteiger partial charge in [-0.2, -0.15) is 5.26 Å². The average molecular weight is 494 g/mol. The van der Waals surface area contributed by atoms with Gasteiger partial charge in [0.05, 0.1) is 5.57 Å². The minimum Gasteiger partial charge on any atom is -0.396 e. The van der Waals surface area contributed by atoms with E-state index < -0.39 is 10.8 Å². The number of hydrogen-bond acceptors (Lipinski definition) is 4. The van der Waals surface area contributed by atoms with Crippen molar-refractivity contribution in [2.75, 3.05) is 6.61 Å². The Balaban J connectivity index is 1.74. The number of hydrogen-bond donors (Lipinski definition) is 1. The molecule has 4 aliphatic rings. The third-order valence-electron chi connectivity index (χ3n) is 12.3. The van der Waals surface area contributed by atoms with Gasteiger partial charge in [0.25, 0.3) is 0 Å². The van der Waals surface area contributed by atoms with Crippen molar-refractivity contribution in [1.29, 1.82) is 5.26 Å². The summed E-state index contributed by atoms with van der Waals surface area (Å²) in [5.41, 5.74) is 0.0799. The van der Waals surface area contributed by atoms with Gasteiger partial charge in [0.15, 0.2) is 11.6 Å². The summed E-state index contributed by atoms with van der Waals surface area (Å²) in [6.07, 6.45) is 11.7. The Morgan fingerprint density at radius 2 is 1.78 bits per heavy atom. The lowest BCUT2D eigenvalue weighted by molar-refractivity contribution is -0.146. The minimum atomic E-state index is -0.624. The van der Waals surface area contributed by atoms with E-state index >= 15 is 0 Å². The van der Waals surface area contributed by atoms with Gasteiger partial charge in [0.1, 0.15) is 6.07 Å². The van der Waals surface area contributed by atoms with Gasteiger partial charge in [-0.05, 0) is 85.0 Å². The molecule has 0 aromatic heterocycles. The van der Waals surface area contributed by atoms with Crippen molar-refractivity contribution in [3.63, 3.8) is 0 Å². The number of nitrogens with zero attached hydrogens (tertiary/aromatic N) is 1. The monoisotopic (exact) mass is 493 g/mol. The first-order valence-corrected chi connectivity index (χ1v) is 14.1. The van der Waals surface area contributed by atoms with Crippen LogP contribution in [0.25, 0.3) is 0 Å². The summed E-state index contributed by atoms with van der Waals surface area (Å²) in [5.74, 6) is 0.254. The van der Waals surface area contributed by atoms with Crippen LogP contribution in [0.5, 0.6) is 0 Å². The van der Waals surface area contributed by atoms with E-state index in [1.54, 1.807) is 0 Å². The van der Waals surface area contributed by atoms with Gasteiger partial charge in [0, 0.05) is 23.4 Å². The standard InChI is InChI=1S/C32H47NO3/c1-9-28(4,20-34)12-13-29(5)14-15-31(7)22(18-29)23(35)16-25-30(6)17-21(19-33)26(36)27(2,3)24(30)10-11-32(25,31)8/h16-17,22,24,34H,9-15,18,20H2,1-8H3/t22-,24-,28?,29+,30-,31+,32+/m0/s1. The van der Waals surface area contributed by atoms with Crippen LogP contribution in [0.4, 0.5) is 0 Å². The molecule has 198 valence electrons. The Morgan fingerprint density at radius 1 is 1.11 bits per heavy atom. The van der Waals surface area contributed by atoms with Crippen LogP contribution in [0.15, 0.2) is 23.3 Å². The summed E-state index contributed by atoms with van der Waals surface area (Å²) in [6, 6.07) is 2.18. The Bertz CT molecular complexity index is 1070. The summed E-state index contributed by atoms with van der Waals surface area (Å²) in [7, 11) is 0. The average Bonchev–Trinajstić information content (AvgIpc) is 2.83. The van der Waals surface area contributed by atoms with E-state index in [0.717, 1.165) is 56.9 Å². The van der Waals surface area contributed by atoms with Gasteiger partial charge in [-0.25, -0.2) is 0 Å². The topological polar surface area (TPSA) is 78.2 Å². The molecule has 2 saturated carbocycles. The second-order valence-electron chi connectivity index (χ2n) is 14.7. The molecule has 2 fully saturated rings. The highest BCUT2D eigenvalue weighted by molar-refractivity contribution is 6.04. The second kappa shape index (κ2) is 8.39. The van der Waals surface area contributed by atoms with E-state index in [1.807, 2.05) is 26.0 Å². The van der Waals surface area contributed by atoms with E-state index in [0.29, 0.717) is 0 Å². The van der Waals surface area contributed by atoms with Crippen LogP contribution in [0, 0.1) is 55.7 Å². The molecule has 4 aliphatic carbocycles. The largest absolute Gasteiger partial charge is 0.396 e. The zero-order valence-corrected chi connectivity index (χ0v) is 23.9. The maximum atomic E-state index is 14.0. The molecule has 0 amide bonds. The fourth-order valence-corrected chi connectivity index (χ4v) is 8.87. The molecule has 0 aromatic rings. The number of fused-ring (bicyclic) bond motifs is 5. The van der Waals surface area contributed by atoms with Gasteiger partial charge in [0.2, 0.25) is 0 Å². The first-order chi connectivity index (χ1) is 16.6. The normalized spacial score (nSPS) is 43.2. The molecular formula is C32H47NO3.